The van der Waals surface area contributed by atoms with Crippen molar-refractivity contribution < 1.29 is 27.4 Å². The number of nitrogens with one attached hydrogen (secondary N) is 1. The van der Waals surface area contributed by atoms with Crippen LogP contribution in [0.2, 0.25) is 5.02 Å². The van der Waals surface area contributed by atoms with Gasteiger partial charge in [0, 0.05) is 0 Å². The van der Waals surface area contributed by atoms with Crippen LogP contribution < -0.4 is 10.1 Å². The van der Waals surface area contributed by atoms with E-state index in [2.05, 4.69) is 24.9 Å². The average Bonchev–Trinajstić information content (AvgIpc) is 3.14. The zero-order valence-corrected chi connectivity index (χ0v) is 15.7. The Morgan fingerprint density at radius 2 is 1.93 bits per heavy atom. The number of rotatable bonds is 6. The molecule has 0 aliphatic rings. The molecule has 3 aromatic rings. The minimum atomic E-state index is -4.75. The summed E-state index contributed by atoms with van der Waals surface area (Å²) in [6.07, 6.45) is -3.32. The second-order valence-corrected chi connectivity index (χ2v) is 6.09. The maximum Gasteiger partial charge on any atom is 0.573 e. The molecule has 2 aromatic carbocycles. The average molecular weight is 427 g/mol. The molecule has 0 amide bonds. The fourth-order valence-electron chi connectivity index (χ4n) is 2.38. The predicted molar refractivity (Wildman–Crippen MR) is 98.2 cm³/mol. The van der Waals surface area contributed by atoms with Crippen LogP contribution in [0.1, 0.15) is 16.2 Å². The maximum absolute atomic E-state index is 12.2. The normalized spacial score (nSPS) is 11.2. The Labute approximate surface area is 168 Å². The lowest BCUT2D eigenvalue weighted by molar-refractivity contribution is -0.274. The van der Waals surface area contributed by atoms with Gasteiger partial charge in [-0.1, -0.05) is 11.6 Å². The first-order valence-corrected chi connectivity index (χ1v) is 8.51. The van der Waals surface area contributed by atoms with Crippen molar-refractivity contribution in [2.45, 2.75) is 12.9 Å². The van der Waals surface area contributed by atoms with Crippen LogP contribution in [0.4, 0.5) is 18.9 Å². The molecule has 7 nitrogen and oxygen atoms in total. The maximum atomic E-state index is 12.2. The van der Waals surface area contributed by atoms with E-state index < -0.39 is 12.3 Å². The summed E-state index contributed by atoms with van der Waals surface area (Å²) in [6, 6.07) is 9.90. The van der Waals surface area contributed by atoms with Crippen molar-refractivity contribution in [2.75, 3.05) is 12.4 Å². The highest BCUT2D eigenvalue weighted by Gasteiger charge is 2.31. The molecule has 11 heteroatoms. The summed E-state index contributed by atoms with van der Waals surface area (Å²) in [5.74, 6) is -0.396. The molecule has 0 fully saturated rings. The third-order valence-corrected chi connectivity index (χ3v) is 4.01. The summed E-state index contributed by atoms with van der Waals surface area (Å²) < 4.78 is 46.5. The number of hydrogen-bond donors (Lipinski definition) is 1. The molecule has 0 saturated carbocycles. The molecule has 29 heavy (non-hydrogen) atoms. The molecule has 0 unspecified atom stereocenters. The minimum Gasteiger partial charge on any atom is -0.465 e. The number of carbonyl (C=O) groups excluding carboxylic acids is 1. The summed E-state index contributed by atoms with van der Waals surface area (Å²) in [6.45, 7) is 0.236. The number of aromatic nitrogens is 3. The van der Waals surface area contributed by atoms with E-state index in [1.807, 2.05) is 0 Å². The number of methoxy groups -OCH3 is 1. The number of nitrogens with zero attached hydrogens (tertiary/aromatic N) is 3. The monoisotopic (exact) mass is 426 g/mol. The number of hydrogen-bond acceptors (Lipinski definition) is 6. The molecule has 0 saturated heterocycles. The van der Waals surface area contributed by atoms with Crippen molar-refractivity contribution in [3.05, 3.63) is 65.2 Å². The van der Waals surface area contributed by atoms with E-state index in [0.29, 0.717) is 27.8 Å². The van der Waals surface area contributed by atoms with Crippen LogP contribution in [0.15, 0.2) is 48.8 Å². The van der Waals surface area contributed by atoms with Gasteiger partial charge in [0.15, 0.2) is 5.82 Å². The fraction of sp³-hybridized carbons (Fsp3) is 0.167. The topological polar surface area (TPSA) is 78.3 Å². The molecule has 152 valence electrons. The van der Waals surface area contributed by atoms with Gasteiger partial charge in [0.1, 0.15) is 12.1 Å². The molecule has 3 rings (SSSR count). The van der Waals surface area contributed by atoms with Gasteiger partial charge in [0.2, 0.25) is 0 Å². The molecular weight excluding hydrogens is 413 g/mol. The lowest BCUT2D eigenvalue weighted by Gasteiger charge is -2.09. The first-order valence-electron chi connectivity index (χ1n) is 8.13. The lowest BCUT2D eigenvalue weighted by Crippen LogP contribution is -2.17. The van der Waals surface area contributed by atoms with Crippen LogP contribution >= 0.6 is 11.6 Å². The number of ether oxygens (including phenoxy) is 2. The number of benzene rings is 2. The van der Waals surface area contributed by atoms with Crippen molar-refractivity contribution in [2.24, 2.45) is 0 Å². The first-order chi connectivity index (χ1) is 13.7. The summed E-state index contributed by atoms with van der Waals surface area (Å²) >= 11 is 6.15. The van der Waals surface area contributed by atoms with Crippen molar-refractivity contribution in [3.63, 3.8) is 0 Å². The highest BCUT2D eigenvalue weighted by molar-refractivity contribution is 6.33. The molecule has 0 spiro atoms. The second-order valence-electron chi connectivity index (χ2n) is 5.69. The van der Waals surface area contributed by atoms with Crippen molar-refractivity contribution in [3.8, 4) is 11.4 Å². The third-order valence-electron chi connectivity index (χ3n) is 3.70. The lowest BCUT2D eigenvalue weighted by atomic mass is 10.2. The van der Waals surface area contributed by atoms with Crippen molar-refractivity contribution in [1.29, 1.82) is 0 Å². The molecule has 1 heterocycles. The second kappa shape index (κ2) is 8.39. The van der Waals surface area contributed by atoms with Gasteiger partial charge in [0.05, 0.1) is 35.6 Å². The van der Waals surface area contributed by atoms with E-state index in [0.717, 1.165) is 0 Å². The third kappa shape index (κ3) is 5.38. The molecule has 0 aliphatic heterocycles. The molecule has 1 aromatic heterocycles. The number of carbonyl (C=O) groups is 1. The predicted octanol–water partition coefficient (Wildman–Crippen LogP) is 4.22. The Bertz CT molecular complexity index is 1010. The van der Waals surface area contributed by atoms with Gasteiger partial charge < -0.3 is 14.8 Å². The molecule has 0 aliphatic carbocycles. The van der Waals surface area contributed by atoms with E-state index in [9.17, 15) is 18.0 Å². The SMILES string of the molecule is COC(=O)c1ccc(NCc2ncn(-c3ccc(OC(F)(F)F)cc3)n2)c(Cl)c1. The van der Waals surface area contributed by atoms with E-state index >= 15 is 0 Å². The summed E-state index contributed by atoms with van der Waals surface area (Å²) in [5.41, 5.74) is 1.41. The van der Waals surface area contributed by atoms with E-state index in [1.54, 1.807) is 12.1 Å². The van der Waals surface area contributed by atoms with Crippen LogP contribution in [0.5, 0.6) is 5.75 Å². The summed E-state index contributed by atoms with van der Waals surface area (Å²) in [7, 11) is 1.28. The van der Waals surface area contributed by atoms with E-state index in [-0.39, 0.29) is 12.3 Å². The van der Waals surface area contributed by atoms with E-state index in [4.69, 9.17) is 11.6 Å². The Morgan fingerprint density at radius 3 is 2.55 bits per heavy atom. The van der Waals surface area contributed by atoms with Crippen LogP contribution in [-0.4, -0.2) is 34.2 Å². The van der Waals surface area contributed by atoms with Gasteiger partial charge in [0.25, 0.3) is 0 Å². The quantitative estimate of drug-likeness (QED) is 0.595. The van der Waals surface area contributed by atoms with Crippen LogP contribution in [0.25, 0.3) is 5.69 Å². The van der Waals surface area contributed by atoms with Crippen LogP contribution in [0, 0.1) is 0 Å². The Hall–Kier alpha value is -3.27. The molecule has 0 atom stereocenters. The van der Waals surface area contributed by atoms with Gasteiger partial charge in [-0.2, -0.15) is 0 Å². The highest BCUT2D eigenvalue weighted by Crippen LogP contribution is 2.25. The van der Waals surface area contributed by atoms with Gasteiger partial charge in [-0.25, -0.2) is 14.5 Å². The van der Waals surface area contributed by atoms with Crippen LogP contribution in [-0.2, 0) is 11.3 Å². The molecule has 1 N–H and O–H groups in total. The van der Waals surface area contributed by atoms with Crippen molar-refractivity contribution >= 4 is 23.3 Å². The standard InChI is InChI=1S/C18H14ClF3N4O3/c1-28-17(27)11-2-7-15(14(19)8-11)23-9-16-24-10-26(25-16)12-3-5-13(6-4-12)29-18(20,21)22/h2-8,10,23H,9H2,1H3. The number of halogens is 4. The van der Waals surface area contributed by atoms with Crippen LogP contribution in [0.3, 0.4) is 0 Å². The highest BCUT2D eigenvalue weighted by atomic mass is 35.5. The van der Waals surface area contributed by atoms with E-state index in [1.165, 1.54) is 48.5 Å². The summed E-state index contributed by atoms with van der Waals surface area (Å²) in [4.78, 5) is 15.6. The molecular formula is C18H14ClF3N4O3. The molecule has 0 bridgehead atoms. The molecule has 0 radical (unpaired) electrons. The zero-order chi connectivity index (χ0) is 21.0. The Morgan fingerprint density at radius 1 is 1.21 bits per heavy atom. The van der Waals surface area contributed by atoms with Gasteiger partial charge in [-0.05, 0) is 42.5 Å². The fourth-order valence-corrected chi connectivity index (χ4v) is 2.63. The smallest absolute Gasteiger partial charge is 0.465 e. The zero-order valence-electron chi connectivity index (χ0n) is 14.9. The number of anilines is 1. The van der Waals surface area contributed by atoms with Crippen molar-refractivity contribution in [1.82, 2.24) is 14.8 Å². The number of alkyl halides is 3. The number of esters is 1. The van der Waals surface area contributed by atoms with Gasteiger partial charge in [-0.3, -0.25) is 0 Å². The Balaban J connectivity index is 1.64. The first kappa shape index (κ1) is 20.5. The largest absolute Gasteiger partial charge is 0.573 e. The summed E-state index contributed by atoms with van der Waals surface area (Å²) in [5, 5.41) is 7.62. The Kier molecular flexibility index (Phi) is 5.92. The van der Waals surface area contributed by atoms with Gasteiger partial charge in [-0.15, -0.1) is 18.3 Å². The van der Waals surface area contributed by atoms with Gasteiger partial charge >= 0.3 is 12.3 Å². The minimum absolute atomic E-state index is 0.236.